The number of aromatic nitrogens is 6. The number of esters is 1. The van der Waals surface area contributed by atoms with Crippen LogP contribution in [0.4, 0.5) is 0 Å². The predicted octanol–water partition coefficient (Wildman–Crippen LogP) is 4.42. The smallest absolute Gasteiger partial charge is 0.342 e. The number of benzene rings is 3. The van der Waals surface area contributed by atoms with Gasteiger partial charge in [0.25, 0.3) is 5.91 Å². The number of hydrogen-bond acceptors (Lipinski definition) is 9. The fourth-order valence-corrected chi connectivity index (χ4v) is 5.35. The largest absolute Gasteiger partial charge is 0.491 e. The van der Waals surface area contributed by atoms with Gasteiger partial charge in [-0.2, -0.15) is 0 Å². The maximum Gasteiger partial charge on any atom is 0.342 e. The van der Waals surface area contributed by atoms with E-state index in [4.69, 9.17) is 28.9 Å². The standard InChI is InChI=1S/C35H37N7O6/c1-23(32-38-27-11-9-25(21-29(27)39-32)42-14-12-36-22-42)33-40-28-10-8-24(20-30(28)41(33)2)34(43)37-13-15-47-31-7-5-4-6-26(31)35(44)48-19-18-46-17-16-45-3/h4-12,14,20-23H,13,15-19H2,1-3H3,(H,37,43)(H,38,39). The SMILES string of the molecule is COCCOCCOC(=O)c1ccccc1OCCNC(=O)c1ccc2nc(C(C)c3nc4cc(-n5ccnc5)ccc4[nH]3)n(C)c2c1. The summed E-state index contributed by atoms with van der Waals surface area (Å²) >= 11 is 0. The molecule has 2 N–H and O–H groups in total. The van der Waals surface area contributed by atoms with E-state index in [0.717, 1.165) is 39.4 Å². The molecule has 0 saturated carbocycles. The van der Waals surface area contributed by atoms with Gasteiger partial charge in [-0.05, 0) is 55.5 Å². The highest BCUT2D eigenvalue weighted by Crippen LogP contribution is 2.28. The van der Waals surface area contributed by atoms with Crippen molar-refractivity contribution in [2.45, 2.75) is 12.8 Å². The molecule has 3 aromatic carbocycles. The number of aromatic amines is 1. The molecule has 248 valence electrons. The number of carbonyl (C=O) groups excluding carboxylic acids is 2. The molecule has 6 rings (SSSR count). The molecule has 1 unspecified atom stereocenters. The van der Waals surface area contributed by atoms with Crippen LogP contribution in [0.1, 0.15) is 45.2 Å². The molecule has 13 heteroatoms. The van der Waals surface area contributed by atoms with Crippen molar-refractivity contribution in [3.63, 3.8) is 0 Å². The normalized spacial score (nSPS) is 12.0. The maximum atomic E-state index is 13.1. The number of amides is 1. The zero-order valence-corrected chi connectivity index (χ0v) is 27.0. The summed E-state index contributed by atoms with van der Waals surface area (Å²) in [6.45, 7) is 3.73. The molecule has 0 fully saturated rings. The van der Waals surface area contributed by atoms with Crippen LogP contribution in [0.25, 0.3) is 27.8 Å². The van der Waals surface area contributed by atoms with Gasteiger partial charge in [0.2, 0.25) is 0 Å². The van der Waals surface area contributed by atoms with Crippen molar-refractivity contribution in [1.29, 1.82) is 0 Å². The first-order chi connectivity index (χ1) is 23.4. The summed E-state index contributed by atoms with van der Waals surface area (Å²) in [5.41, 5.74) is 5.18. The molecule has 0 aliphatic carbocycles. The number of H-pyrrole nitrogens is 1. The highest BCUT2D eigenvalue weighted by atomic mass is 16.6. The molecule has 3 heterocycles. The Morgan fingerprint density at radius 2 is 1.81 bits per heavy atom. The average molecular weight is 652 g/mol. The molecule has 0 aliphatic heterocycles. The van der Waals surface area contributed by atoms with E-state index in [1.807, 2.05) is 52.7 Å². The van der Waals surface area contributed by atoms with Crippen LogP contribution in [0, 0.1) is 0 Å². The van der Waals surface area contributed by atoms with E-state index >= 15 is 0 Å². The number of carbonyl (C=O) groups is 2. The van der Waals surface area contributed by atoms with Gasteiger partial charge in [0.1, 0.15) is 36.2 Å². The number of aryl methyl sites for hydroxylation is 1. The van der Waals surface area contributed by atoms with E-state index < -0.39 is 5.97 Å². The second kappa shape index (κ2) is 14.9. The molecular formula is C35H37N7O6. The summed E-state index contributed by atoms with van der Waals surface area (Å²) in [4.78, 5) is 42.9. The number of nitrogens with zero attached hydrogens (tertiary/aromatic N) is 5. The highest BCUT2D eigenvalue weighted by molar-refractivity contribution is 5.97. The number of hydrogen-bond donors (Lipinski definition) is 2. The topological polar surface area (TPSA) is 147 Å². The van der Waals surface area contributed by atoms with Gasteiger partial charge in [0.15, 0.2) is 0 Å². The molecule has 0 radical (unpaired) electrons. The highest BCUT2D eigenvalue weighted by Gasteiger charge is 2.21. The van der Waals surface area contributed by atoms with Crippen LogP contribution < -0.4 is 10.1 Å². The number of nitrogens with one attached hydrogen (secondary N) is 2. The van der Waals surface area contributed by atoms with E-state index in [1.54, 1.807) is 50.0 Å². The van der Waals surface area contributed by atoms with Gasteiger partial charge in [-0.1, -0.05) is 12.1 Å². The first-order valence-electron chi connectivity index (χ1n) is 15.6. The lowest BCUT2D eigenvalue weighted by molar-refractivity contribution is 0.0211. The zero-order chi connectivity index (χ0) is 33.5. The summed E-state index contributed by atoms with van der Waals surface area (Å²) in [7, 11) is 3.53. The van der Waals surface area contributed by atoms with Crippen LogP contribution in [0.5, 0.6) is 5.75 Å². The number of rotatable bonds is 15. The van der Waals surface area contributed by atoms with Crippen molar-refractivity contribution in [3.05, 3.63) is 102 Å². The molecule has 3 aromatic heterocycles. The Kier molecular flexibility index (Phi) is 10.1. The van der Waals surface area contributed by atoms with Crippen LogP contribution in [0.3, 0.4) is 0 Å². The Labute approximate surface area is 276 Å². The molecule has 0 spiro atoms. The van der Waals surface area contributed by atoms with Gasteiger partial charge in [0.05, 0.1) is 60.7 Å². The summed E-state index contributed by atoms with van der Waals surface area (Å²) in [5.74, 6) is 1.10. The Morgan fingerprint density at radius 1 is 0.958 bits per heavy atom. The van der Waals surface area contributed by atoms with Gasteiger partial charge < -0.3 is 38.4 Å². The van der Waals surface area contributed by atoms with Crippen LogP contribution >= 0.6 is 0 Å². The van der Waals surface area contributed by atoms with Gasteiger partial charge >= 0.3 is 5.97 Å². The van der Waals surface area contributed by atoms with Crippen LogP contribution in [0.2, 0.25) is 0 Å². The Balaban J connectivity index is 1.06. The number of methoxy groups -OCH3 is 1. The van der Waals surface area contributed by atoms with Crippen LogP contribution in [-0.4, -0.2) is 87.6 Å². The van der Waals surface area contributed by atoms with Crippen LogP contribution in [0.15, 0.2) is 79.4 Å². The van der Waals surface area contributed by atoms with E-state index in [2.05, 4.69) is 22.2 Å². The molecule has 0 saturated heterocycles. The molecule has 1 amide bonds. The van der Waals surface area contributed by atoms with E-state index in [0.29, 0.717) is 30.1 Å². The van der Waals surface area contributed by atoms with Gasteiger partial charge in [-0.25, -0.2) is 19.7 Å². The fourth-order valence-electron chi connectivity index (χ4n) is 5.35. The van der Waals surface area contributed by atoms with Gasteiger partial charge in [-0.15, -0.1) is 0 Å². The van der Waals surface area contributed by atoms with Crippen molar-refractivity contribution < 1.29 is 28.5 Å². The number of imidazole rings is 3. The monoisotopic (exact) mass is 651 g/mol. The minimum Gasteiger partial charge on any atom is -0.491 e. The van der Waals surface area contributed by atoms with Gasteiger partial charge in [0, 0.05) is 37.8 Å². The van der Waals surface area contributed by atoms with Crippen molar-refractivity contribution >= 4 is 33.9 Å². The lowest BCUT2D eigenvalue weighted by Crippen LogP contribution is -2.28. The molecule has 13 nitrogen and oxygen atoms in total. The average Bonchev–Trinajstić information content (AvgIpc) is 3.87. The summed E-state index contributed by atoms with van der Waals surface area (Å²) in [6.07, 6.45) is 5.39. The van der Waals surface area contributed by atoms with E-state index in [1.165, 1.54) is 0 Å². The third-order valence-electron chi connectivity index (χ3n) is 7.91. The molecule has 48 heavy (non-hydrogen) atoms. The van der Waals surface area contributed by atoms with E-state index in [-0.39, 0.29) is 38.2 Å². The van der Waals surface area contributed by atoms with E-state index in [9.17, 15) is 9.59 Å². The zero-order valence-electron chi connectivity index (χ0n) is 27.0. The third kappa shape index (κ3) is 7.22. The minimum atomic E-state index is -0.511. The second-order valence-corrected chi connectivity index (χ2v) is 11.1. The molecular weight excluding hydrogens is 614 g/mol. The predicted molar refractivity (Wildman–Crippen MR) is 179 cm³/mol. The maximum absolute atomic E-state index is 13.1. The number of ether oxygens (including phenoxy) is 4. The quantitative estimate of drug-likeness (QED) is 0.122. The molecule has 0 bridgehead atoms. The van der Waals surface area contributed by atoms with Gasteiger partial charge in [-0.3, -0.25) is 4.79 Å². The summed E-state index contributed by atoms with van der Waals surface area (Å²) < 4.78 is 25.3. The molecule has 1 atom stereocenters. The van der Waals surface area contributed by atoms with Crippen molar-refractivity contribution in [2.24, 2.45) is 7.05 Å². The Hall–Kier alpha value is -5.53. The molecule has 6 aromatic rings. The summed E-state index contributed by atoms with van der Waals surface area (Å²) in [5, 5.41) is 2.89. The molecule has 0 aliphatic rings. The third-order valence-corrected chi connectivity index (χ3v) is 7.91. The van der Waals surface area contributed by atoms with Crippen molar-refractivity contribution in [2.75, 3.05) is 46.7 Å². The Morgan fingerprint density at radius 3 is 2.65 bits per heavy atom. The lowest BCUT2D eigenvalue weighted by Gasteiger charge is -2.12. The lowest BCUT2D eigenvalue weighted by atomic mass is 10.1. The van der Waals surface area contributed by atoms with Crippen LogP contribution in [-0.2, 0) is 21.3 Å². The van der Waals surface area contributed by atoms with Crippen molar-refractivity contribution in [1.82, 2.24) is 34.4 Å². The second-order valence-electron chi connectivity index (χ2n) is 11.1. The first kappa shape index (κ1) is 32.4. The van der Waals surface area contributed by atoms with Crippen molar-refractivity contribution in [3.8, 4) is 11.4 Å². The minimum absolute atomic E-state index is 0.114. The number of fused-ring (bicyclic) bond motifs is 2. The fraction of sp³-hybridized carbons (Fsp3) is 0.286. The Bertz CT molecular complexity index is 2020. The number of para-hydroxylation sites is 1. The first-order valence-corrected chi connectivity index (χ1v) is 15.6. The summed E-state index contributed by atoms with van der Waals surface area (Å²) in [6, 6.07) is 18.3.